The Morgan fingerprint density at radius 1 is 1.35 bits per heavy atom. The number of benzene rings is 1. The van der Waals surface area contributed by atoms with Gasteiger partial charge >= 0.3 is 0 Å². The summed E-state index contributed by atoms with van der Waals surface area (Å²) in [4.78, 5) is 0.427. The van der Waals surface area contributed by atoms with Crippen molar-refractivity contribution in [3.05, 3.63) is 29.8 Å². The molecule has 3 nitrogen and oxygen atoms in total. The van der Waals surface area contributed by atoms with Gasteiger partial charge in [0.1, 0.15) is 0 Å². The molecule has 1 aliphatic carbocycles. The number of aryl methyl sites for hydroxylation is 1. The van der Waals surface area contributed by atoms with Crippen LogP contribution < -0.4 is 0 Å². The highest BCUT2D eigenvalue weighted by molar-refractivity contribution is 7.89. The number of rotatable bonds is 4. The highest BCUT2D eigenvalue weighted by Gasteiger charge is 2.36. The van der Waals surface area contributed by atoms with Crippen LogP contribution in [0.2, 0.25) is 0 Å². The maximum atomic E-state index is 12.3. The third-order valence-electron chi connectivity index (χ3n) is 3.55. The van der Waals surface area contributed by atoms with Crippen LogP contribution in [0.4, 0.5) is 0 Å². The van der Waals surface area contributed by atoms with E-state index in [4.69, 9.17) is 0 Å². The summed E-state index contributed by atoms with van der Waals surface area (Å²) in [6.45, 7) is 4.64. The van der Waals surface area contributed by atoms with Crippen LogP contribution in [0.15, 0.2) is 29.2 Å². The molecule has 0 radical (unpaired) electrons. The van der Waals surface area contributed by atoms with Gasteiger partial charge in [-0.2, -0.15) is 0 Å². The fraction of sp³-hybridized carbons (Fsp3) is 0.538. The quantitative estimate of drug-likeness (QED) is 0.825. The van der Waals surface area contributed by atoms with E-state index in [2.05, 4.69) is 6.92 Å². The van der Waals surface area contributed by atoms with Crippen LogP contribution >= 0.6 is 0 Å². The summed E-state index contributed by atoms with van der Waals surface area (Å²) >= 11 is 0. The largest absolute Gasteiger partial charge is 0.243 e. The monoisotopic (exact) mass is 253 g/mol. The first kappa shape index (κ1) is 12.6. The molecule has 0 saturated heterocycles. The van der Waals surface area contributed by atoms with E-state index < -0.39 is 10.0 Å². The van der Waals surface area contributed by atoms with Crippen LogP contribution in [0.1, 0.15) is 18.9 Å². The third kappa shape index (κ3) is 2.53. The lowest BCUT2D eigenvalue weighted by atomic mass is 10.2. The molecule has 1 aromatic carbocycles. The molecule has 2 atom stereocenters. The molecule has 0 aliphatic heterocycles. The van der Waals surface area contributed by atoms with E-state index in [9.17, 15) is 8.42 Å². The topological polar surface area (TPSA) is 37.4 Å². The Bertz CT molecular complexity index is 510. The number of nitrogens with zero attached hydrogens (tertiary/aromatic N) is 1. The molecule has 4 heteroatoms. The second kappa shape index (κ2) is 4.42. The fourth-order valence-electron chi connectivity index (χ4n) is 2.10. The Morgan fingerprint density at radius 2 is 1.94 bits per heavy atom. The van der Waals surface area contributed by atoms with Gasteiger partial charge in [-0.15, -0.1) is 0 Å². The first-order valence-electron chi connectivity index (χ1n) is 5.95. The predicted octanol–water partition coefficient (Wildman–Crippen LogP) is 2.27. The maximum absolute atomic E-state index is 12.3. The van der Waals surface area contributed by atoms with E-state index >= 15 is 0 Å². The van der Waals surface area contributed by atoms with Crippen molar-refractivity contribution in [1.82, 2.24) is 4.31 Å². The molecule has 2 unspecified atom stereocenters. The van der Waals surface area contributed by atoms with Gasteiger partial charge in [0.25, 0.3) is 0 Å². The van der Waals surface area contributed by atoms with Gasteiger partial charge in [-0.25, -0.2) is 12.7 Å². The molecule has 0 N–H and O–H groups in total. The summed E-state index contributed by atoms with van der Waals surface area (Å²) < 4.78 is 26.2. The third-order valence-corrected chi connectivity index (χ3v) is 5.53. The minimum absolute atomic E-state index is 0.427. The van der Waals surface area contributed by atoms with E-state index in [0.717, 1.165) is 12.0 Å². The van der Waals surface area contributed by atoms with Crippen molar-refractivity contribution >= 4 is 10.0 Å². The van der Waals surface area contributed by atoms with E-state index in [-0.39, 0.29) is 0 Å². The van der Waals surface area contributed by atoms with Gasteiger partial charge in [0.05, 0.1) is 4.90 Å². The summed E-state index contributed by atoms with van der Waals surface area (Å²) in [7, 11) is -1.64. The SMILES string of the molecule is Cc1ccccc1S(=O)(=O)N(C)CC1CC1C. The lowest BCUT2D eigenvalue weighted by molar-refractivity contribution is 0.444. The molecule has 2 rings (SSSR count). The molecule has 1 saturated carbocycles. The zero-order chi connectivity index (χ0) is 12.6. The van der Waals surface area contributed by atoms with Crippen molar-refractivity contribution in [2.45, 2.75) is 25.2 Å². The van der Waals surface area contributed by atoms with Crippen LogP contribution in [0, 0.1) is 18.8 Å². The number of hydrogen-bond acceptors (Lipinski definition) is 2. The van der Waals surface area contributed by atoms with Crippen molar-refractivity contribution in [3.8, 4) is 0 Å². The molecular weight excluding hydrogens is 234 g/mol. The average molecular weight is 253 g/mol. The predicted molar refractivity (Wildman–Crippen MR) is 68.3 cm³/mol. The van der Waals surface area contributed by atoms with Crippen molar-refractivity contribution in [1.29, 1.82) is 0 Å². The van der Waals surface area contributed by atoms with Crippen LogP contribution in [0.25, 0.3) is 0 Å². The maximum Gasteiger partial charge on any atom is 0.243 e. The van der Waals surface area contributed by atoms with Gasteiger partial charge in [-0.3, -0.25) is 0 Å². The van der Waals surface area contributed by atoms with Gasteiger partial charge in [-0.05, 0) is 36.8 Å². The average Bonchev–Trinajstić information content (AvgIpc) is 2.94. The second-order valence-electron chi connectivity index (χ2n) is 5.02. The molecule has 0 spiro atoms. The van der Waals surface area contributed by atoms with Gasteiger partial charge in [0.2, 0.25) is 10.0 Å². The van der Waals surface area contributed by atoms with Crippen molar-refractivity contribution in [2.75, 3.05) is 13.6 Å². The smallest absolute Gasteiger partial charge is 0.207 e. The molecule has 1 aliphatic rings. The molecule has 94 valence electrons. The van der Waals surface area contributed by atoms with E-state index in [1.165, 1.54) is 4.31 Å². The fourth-order valence-corrected chi connectivity index (χ4v) is 3.54. The van der Waals surface area contributed by atoms with Crippen molar-refractivity contribution in [3.63, 3.8) is 0 Å². The first-order chi connectivity index (χ1) is 7.93. The minimum atomic E-state index is -3.31. The molecule has 1 aromatic rings. The molecule has 0 amide bonds. The lowest BCUT2D eigenvalue weighted by Gasteiger charge is -2.18. The first-order valence-corrected chi connectivity index (χ1v) is 7.39. The van der Waals surface area contributed by atoms with E-state index in [1.807, 2.05) is 19.1 Å². The molecule has 0 heterocycles. The zero-order valence-corrected chi connectivity index (χ0v) is 11.4. The zero-order valence-electron chi connectivity index (χ0n) is 10.6. The Morgan fingerprint density at radius 3 is 2.47 bits per heavy atom. The van der Waals surface area contributed by atoms with Crippen LogP contribution in [-0.4, -0.2) is 26.3 Å². The van der Waals surface area contributed by atoms with Crippen LogP contribution in [0.5, 0.6) is 0 Å². The van der Waals surface area contributed by atoms with E-state index in [0.29, 0.717) is 23.3 Å². The highest BCUT2D eigenvalue weighted by atomic mass is 32.2. The van der Waals surface area contributed by atoms with Crippen molar-refractivity contribution < 1.29 is 8.42 Å². The molecular formula is C13H19NO2S. The standard InChI is InChI=1S/C13H19NO2S/c1-10-6-4-5-7-13(10)17(15,16)14(3)9-12-8-11(12)2/h4-7,11-12H,8-9H2,1-3H3. The van der Waals surface area contributed by atoms with Gasteiger partial charge in [-0.1, -0.05) is 25.1 Å². The summed E-state index contributed by atoms with van der Waals surface area (Å²) in [6.07, 6.45) is 1.15. The van der Waals surface area contributed by atoms with Crippen LogP contribution in [-0.2, 0) is 10.0 Å². The minimum Gasteiger partial charge on any atom is -0.207 e. The van der Waals surface area contributed by atoms with Crippen molar-refractivity contribution in [2.24, 2.45) is 11.8 Å². The highest BCUT2D eigenvalue weighted by Crippen LogP contribution is 2.38. The molecule has 0 bridgehead atoms. The number of sulfonamides is 1. The second-order valence-corrected chi connectivity index (χ2v) is 7.04. The Labute approximate surface area is 104 Å². The molecule has 1 fully saturated rings. The Balaban J connectivity index is 2.21. The number of hydrogen-bond donors (Lipinski definition) is 0. The van der Waals surface area contributed by atoms with Gasteiger partial charge in [0.15, 0.2) is 0 Å². The van der Waals surface area contributed by atoms with E-state index in [1.54, 1.807) is 19.2 Å². The van der Waals surface area contributed by atoms with Crippen LogP contribution in [0.3, 0.4) is 0 Å². The Kier molecular flexibility index (Phi) is 3.27. The summed E-state index contributed by atoms with van der Waals surface area (Å²) in [5.41, 5.74) is 0.809. The summed E-state index contributed by atoms with van der Waals surface area (Å²) in [5, 5.41) is 0. The molecule has 17 heavy (non-hydrogen) atoms. The van der Waals surface area contributed by atoms with Gasteiger partial charge in [0, 0.05) is 13.6 Å². The lowest BCUT2D eigenvalue weighted by Crippen LogP contribution is -2.29. The normalized spacial score (nSPS) is 24.0. The summed E-state index contributed by atoms with van der Waals surface area (Å²) in [6, 6.07) is 7.14. The molecule has 0 aromatic heterocycles. The van der Waals surface area contributed by atoms with Gasteiger partial charge < -0.3 is 0 Å². The Hall–Kier alpha value is -0.870. The summed E-state index contributed by atoms with van der Waals surface area (Å²) in [5.74, 6) is 1.21.